The van der Waals surface area contributed by atoms with Gasteiger partial charge in [0.25, 0.3) is 0 Å². The van der Waals surface area contributed by atoms with Gasteiger partial charge in [-0.2, -0.15) is 0 Å². The number of fused-ring (bicyclic) bond motifs is 4. The molecule has 17 rings (SSSR count). The maximum atomic E-state index is 6.91. The SMILES string of the molecule is c1ccc2c(c1)OB1Oc3cc4c5c6c3-c3c(ccc-2c31)OB6Oc1cc2c3c(c1-5)B(O4)Oc1cc4c5c(c1-3)B(Oc1ccc3c(c1-5)B(Oc1ccccc1-3)O4)O2. The first-order valence-electron chi connectivity index (χ1n) is 19.0. The van der Waals surface area contributed by atoms with Gasteiger partial charge >= 0.3 is 35.6 Å². The third kappa shape index (κ3) is 2.89. The molecule has 0 saturated heterocycles. The van der Waals surface area contributed by atoms with Gasteiger partial charge in [0.2, 0.25) is 0 Å². The van der Waals surface area contributed by atoms with E-state index in [2.05, 4.69) is 24.3 Å². The number of para-hydroxylation sites is 2. The summed E-state index contributed by atoms with van der Waals surface area (Å²) < 4.78 is 67.6. The molecule has 57 heavy (non-hydrogen) atoms. The average Bonchev–Trinajstić information content (AvgIpc) is 3.23. The summed E-state index contributed by atoms with van der Waals surface area (Å²) in [7, 11) is -3.69. The maximum absolute atomic E-state index is 6.91. The second kappa shape index (κ2) is 8.63. The molecule has 258 valence electrons. The van der Waals surface area contributed by atoms with Crippen LogP contribution in [-0.4, -0.2) is 35.6 Å². The van der Waals surface area contributed by atoms with Gasteiger partial charge in [-0.05, 0) is 35.4 Å². The van der Waals surface area contributed by atoms with Crippen molar-refractivity contribution in [1.82, 2.24) is 0 Å². The van der Waals surface area contributed by atoms with Crippen LogP contribution in [0.2, 0.25) is 0 Å². The van der Waals surface area contributed by atoms with E-state index >= 15 is 0 Å². The Morgan fingerprint density at radius 2 is 0.509 bits per heavy atom. The highest BCUT2D eigenvalue weighted by molar-refractivity contribution is 6.77. The summed E-state index contributed by atoms with van der Waals surface area (Å²) in [5.41, 5.74) is 15.9. The van der Waals surface area contributed by atoms with E-state index in [1.54, 1.807) is 0 Å². The molecule has 0 spiro atoms. The van der Waals surface area contributed by atoms with E-state index in [-0.39, 0.29) is 0 Å². The summed E-state index contributed by atoms with van der Waals surface area (Å²) >= 11 is 0. The highest BCUT2D eigenvalue weighted by Gasteiger charge is 2.59. The Bertz CT molecular complexity index is 3070. The Morgan fingerprint density at radius 1 is 0.228 bits per heavy atom. The molecule has 0 bridgehead atoms. The van der Waals surface area contributed by atoms with Crippen LogP contribution in [0.25, 0.3) is 66.8 Å². The van der Waals surface area contributed by atoms with Gasteiger partial charge in [0.05, 0.1) is 0 Å². The zero-order valence-corrected chi connectivity index (χ0v) is 29.1. The number of rotatable bonds is 0. The Kier molecular flexibility index (Phi) is 4.16. The fourth-order valence-electron chi connectivity index (χ4n) is 11.1. The molecular formula is C42H15B5O10. The van der Waals surface area contributed by atoms with E-state index in [9.17, 15) is 0 Å². The van der Waals surface area contributed by atoms with Crippen LogP contribution in [0.15, 0.2) is 91.0 Å². The minimum absolute atomic E-state index is 0.607. The fourth-order valence-corrected chi connectivity index (χ4v) is 11.1. The third-order valence-electron chi connectivity index (χ3n) is 13.2. The number of hydrogen-bond donors (Lipinski definition) is 0. The molecule has 0 amide bonds. The second-order valence-electron chi connectivity index (χ2n) is 15.7. The van der Waals surface area contributed by atoms with Crippen molar-refractivity contribution in [2.75, 3.05) is 0 Å². The molecule has 0 unspecified atom stereocenters. The summed E-state index contributed by atoms with van der Waals surface area (Å²) in [6.45, 7) is 0. The highest BCUT2D eigenvalue weighted by atomic mass is 16.6. The molecule has 0 radical (unpaired) electrons. The molecule has 10 nitrogen and oxygen atoms in total. The molecule has 10 aliphatic rings. The van der Waals surface area contributed by atoms with Gasteiger partial charge < -0.3 is 46.5 Å². The van der Waals surface area contributed by atoms with E-state index in [0.717, 1.165) is 106 Å². The van der Waals surface area contributed by atoms with E-state index < -0.39 is 35.6 Å². The zero-order chi connectivity index (χ0) is 36.2. The van der Waals surface area contributed by atoms with E-state index in [1.165, 1.54) is 0 Å². The lowest BCUT2D eigenvalue weighted by atomic mass is 9.54. The largest absolute Gasteiger partial charge is 0.634 e. The average molecular weight is 734 g/mol. The Labute approximate surface area is 323 Å². The van der Waals surface area contributed by atoms with Crippen molar-refractivity contribution in [3.05, 3.63) is 91.0 Å². The standard InChI is InChI=1S/C42H15B5O10/c1-3-7-20-16(5-1)18-9-11-22-30-32-24(52-43(48-20)38(18)30)13-28-34-36-26(54-45(50-22)40(32)34)15-27-37-35-29(57-47(56-28)42(36)37)14-25-33-31-23(51-46(55-27)41(33)35)12-10-19-17-6-2-4-8-21(17)49-44(53-25)39(19)31/h1-15H. The van der Waals surface area contributed by atoms with Gasteiger partial charge in [-0.15, -0.1) is 0 Å². The maximum Gasteiger partial charge on any atom is 0.634 e. The first-order valence-corrected chi connectivity index (χ1v) is 19.0. The second-order valence-corrected chi connectivity index (χ2v) is 15.7. The zero-order valence-electron chi connectivity index (χ0n) is 29.1. The number of benzene rings is 7. The third-order valence-corrected chi connectivity index (χ3v) is 13.2. The minimum Gasteiger partial charge on any atom is -0.521 e. The lowest BCUT2D eigenvalue weighted by molar-refractivity contribution is 0.401. The first-order chi connectivity index (χ1) is 28.2. The number of hydrogen-bond acceptors (Lipinski definition) is 10. The van der Waals surface area contributed by atoms with Gasteiger partial charge in [0.15, 0.2) is 0 Å². The molecular weight excluding hydrogens is 719 g/mol. The highest BCUT2D eigenvalue weighted by Crippen LogP contribution is 2.58. The summed E-state index contributed by atoms with van der Waals surface area (Å²) in [4.78, 5) is 0. The molecule has 0 aliphatic carbocycles. The molecule has 10 aliphatic heterocycles. The first kappa shape index (κ1) is 27.4. The van der Waals surface area contributed by atoms with Crippen molar-refractivity contribution in [3.8, 4) is 124 Å². The van der Waals surface area contributed by atoms with Gasteiger partial charge in [0, 0.05) is 101 Å². The molecule has 10 heterocycles. The summed E-state index contributed by atoms with van der Waals surface area (Å²) in [6.07, 6.45) is 0. The Morgan fingerprint density at radius 3 is 0.877 bits per heavy atom. The van der Waals surface area contributed by atoms with Crippen LogP contribution in [0, 0.1) is 0 Å². The molecule has 7 aromatic rings. The monoisotopic (exact) mass is 734 g/mol. The van der Waals surface area contributed by atoms with Crippen molar-refractivity contribution in [3.63, 3.8) is 0 Å². The van der Waals surface area contributed by atoms with Crippen LogP contribution in [0.3, 0.4) is 0 Å². The fraction of sp³-hybridized carbons (Fsp3) is 0. The van der Waals surface area contributed by atoms with Gasteiger partial charge in [-0.3, -0.25) is 0 Å². The lowest BCUT2D eigenvalue weighted by Gasteiger charge is -2.45. The molecule has 0 aromatic heterocycles. The van der Waals surface area contributed by atoms with Crippen LogP contribution >= 0.6 is 0 Å². The summed E-state index contributed by atoms with van der Waals surface area (Å²) in [5, 5.41) is 0. The van der Waals surface area contributed by atoms with Crippen molar-refractivity contribution in [2.24, 2.45) is 0 Å². The van der Waals surface area contributed by atoms with Gasteiger partial charge in [0.1, 0.15) is 57.5 Å². The van der Waals surface area contributed by atoms with Crippen molar-refractivity contribution in [2.45, 2.75) is 0 Å². The summed E-state index contributed by atoms with van der Waals surface area (Å²) in [5.74, 6) is 6.67. The van der Waals surface area contributed by atoms with Gasteiger partial charge in [-0.1, -0.05) is 48.5 Å². The molecule has 15 heteroatoms. The predicted molar refractivity (Wildman–Crippen MR) is 212 cm³/mol. The van der Waals surface area contributed by atoms with Crippen molar-refractivity contribution >= 4 is 62.9 Å². The predicted octanol–water partition coefficient (Wildman–Crippen LogP) is 4.09. The molecule has 0 atom stereocenters. The molecule has 7 aromatic carbocycles. The van der Waals surface area contributed by atoms with Crippen molar-refractivity contribution in [1.29, 1.82) is 0 Å². The smallest absolute Gasteiger partial charge is 0.521 e. The van der Waals surface area contributed by atoms with Crippen LogP contribution in [-0.2, 0) is 0 Å². The van der Waals surface area contributed by atoms with Crippen molar-refractivity contribution < 1.29 is 46.5 Å². The molecule has 0 fully saturated rings. The quantitative estimate of drug-likeness (QED) is 0.213. The van der Waals surface area contributed by atoms with Crippen LogP contribution in [0.1, 0.15) is 0 Å². The molecule has 0 N–H and O–H groups in total. The summed E-state index contributed by atoms with van der Waals surface area (Å²) in [6, 6.07) is 30.2. The minimum atomic E-state index is -0.829. The molecule has 0 saturated carbocycles. The van der Waals surface area contributed by atoms with E-state index in [4.69, 9.17) is 46.5 Å². The van der Waals surface area contributed by atoms with Crippen LogP contribution in [0.5, 0.6) is 57.5 Å². The van der Waals surface area contributed by atoms with Crippen LogP contribution < -0.4 is 73.9 Å². The van der Waals surface area contributed by atoms with Crippen LogP contribution in [0.4, 0.5) is 0 Å². The van der Waals surface area contributed by atoms with Gasteiger partial charge in [-0.25, -0.2) is 0 Å². The Hall–Kier alpha value is -7.14. The van der Waals surface area contributed by atoms with E-state index in [0.29, 0.717) is 46.0 Å². The lowest BCUT2D eigenvalue weighted by Crippen LogP contribution is -2.60. The normalized spacial score (nSPS) is 16.6. The van der Waals surface area contributed by atoms with E-state index in [1.807, 2.05) is 66.7 Å². The Balaban J connectivity index is 0.924. The topological polar surface area (TPSA) is 92.3 Å².